The van der Waals surface area contributed by atoms with Crippen molar-refractivity contribution < 1.29 is 9.53 Å². The fraction of sp³-hybridized carbons (Fsp3) is 0.235. The summed E-state index contributed by atoms with van der Waals surface area (Å²) in [6.45, 7) is 0. The highest BCUT2D eigenvalue weighted by molar-refractivity contribution is 9.10. The summed E-state index contributed by atoms with van der Waals surface area (Å²) in [4.78, 5) is 12.3. The van der Waals surface area contributed by atoms with Gasteiger partial charge in [0.05, 0.1) is 13.2 Å². The van der Waals surface area contributed by atoms with E-state index in [1.807, 2.05) is 48.5 Å². The van der Waals surface area contributed by atoms with Crippen LogP contribution in [0.3, 0.4) is 0 Å². The van der Waals surface area contributed by atoms with Gasteiger partial charge in [-0.3, -0.25) is 4.79 Å². The second kappa shape index (κ2) is 7.38. The van der Waals surface area contributed by atoms with Crippen molar-refractivity contribution in [3.63, 3.8) is 0 Å². The lowest BCUT2D eigenvalue weighted by Crippen LogP contribution is -2.34. The number of carbonyl (C=O) groups excluding carboxylic acids is 1. The highest BCUT2D eigenvalue weighted by Crippen LogP contribution is 2.24. The van der Waals surface area contributed by atoms with Crippen LogP contribution >= 0.6 is 15.9 Å². The van der Waals surface area contributed by atoms with Crippen LogP contribution in [0.2, 0.25) is 0 Å². The normalized spacial score (nSPS) is 12.0. The summed E-state index contributed by atoms with van der Waals surface area (Å²) in [7, 11) is 1.60. The van der Waals surface area contributed by atoms with Gasteiger partial charge >= 0.3 is 0 Å². The highest BCUT2D eigenvalue weighted by atomic mass is 79.9. The van der Waals surface area contributed by atoms with Crippen molar-refractivity contribution in [3.8, 4) is 5.75 Å². The Morgan fingerprint density at radius 3 is 2.62 bits per heavy atom. The summed E-state index contributed by atoms with van der Waals surface area (Å²) in [6.07, 6.45) is 0.826. The van der Waals surface area contributed by atoms with Crippen LogP contribution < -0.4 is 10.5 Å². The zero-order chi connectivity index (χ0) is 15.2. The summed E-state index contributed by atoms with van der Waals surface area (Å²) in [6, 6.07) is 14.9. The van der Waals surface area contributed by atoms with Crippen LogP contribution in [0.4, 0.5) is 0 Å². The molecule has 2 aromatic carbocycles. The Labute approximate surface area is 133 Å². The standard InChI is InChI=1S/C17H18BrNO2/c1-21-17-8-7-14(18)10-13(17)11-16(20)15(19)9-12-5-3-2-4-6-12/h2-8,10,15H,9,11,19H2,1H3. The maximum absolute atomic E-state index is 12.3. The molecule has 0 aliphatic rings. The van der Waals surface area contributed by atoms with Gasteiger partial charge in [-0.1, -0.05) is 46.3 Å². The molecule has 0 fully saturated rings. The van der Waals surface area contributed by atoms with E-state index in [9.17, 15) is 4.79 Å². The topological polar surface area (TPSA) is 52.3 Å². The van der Waals surface area contributed by atoms with Gasteiger partial charge in [0.1, 0.15) is 5.75 Å². The first-order valence-corrected chi connectivity index (χ1v) is 7.54. The number of methoxy groups -OCH3 is 1. The van der Waals surface area contributed by atoms with Crippen molar-refractivity contribution in [2.45, 2.75) is 18.9 Å². The van der Waals surface area contributed by atoms with E-state index in [0.29, 0.717) is 12.2 Å². The van der Waals surface area contributed by atoms with Crippen molar-refractivity contribution in [1.82, 2.24) is 0 Å². The van der Waals surface area contributed by atoms with E-state index in [-0.39, 0.29) is 12.2 Å². The monoisotopic (exact) mass is 347 g/mol. The van der Waals surface area contributed by atoms with Crippen molar-refractivity contribution in [2.24, 2.45) is 5.73 Å². The zero-order valence-corrected chi connectivity index (χ0v) is 13.5. The summed E-state index contributed by atoms with van der Waals surface area (Å²) < 4.78 is 6.20. The molecule has 0 amide bonds. The van der Waals surface area contributed by atoms with Gasteiger partial charge in [-0.15, -0.1) is 0 Å². The molecule has 0 aromatic heterocycles. The Bertz CT molecular complexity index is 613. The van der Waals surface area contributed by atoms with Gasteiger partial charge in [0.2, 0.25) is 0 Å². The molecule has 0 heterocycles. The number of Topliss-reactive ketones (excluding diaryl/α,β-unsaturated/α-hetero) is 1. The maximum Gasteiger partial charge on any atom is 0.154 e. The lowest BCUT2D eigenvalue weighted by atomic mass is 9.98. The maximum atomic E-state index is 12.3. The minimum Gasteiger partial charge on any atom is -0.496 e. The molecule has 21 heavy (non-hydrogen) atoms. The number of ketones is 1. The third kappa shape index (κ3) is 4.41. The van der Waals surface area contributed by atoms with E-state index in [4.69, 9.17) is 10.5 Å². The van der Waals surface area contributed by atoms with Crippen LogP contribution in [-0.4, -0.2) is 18.9 Å². The van der Waals surface area contributed by atoms with E-state index in [1.165, 1.54) is 0 Å². The predicted molar refractivity (Wildman–Crippen MR) is 87.5 cm³/mol. The molecular formula is C17H18BrNO2. The van der Waals surface area contributed by atoms with Crippen LogP contribution in [0.1, 0.15) is 11.1 Å². The fourth-order valence-corrected chi connectivity index (χ4v) is 2.59. The highest BCUT2D eigenvalue weighted by Gasteiger charge is 2.17. The van der Waals surface area contributed by atoms with Gasteiger partial charge in [-0.2, -0.15) is 0 Å². The van der Waals surface area contributed by atoms with E-state index < -0.39 is 6.04 Å². The molecule has 0 aliphatic heterocycles. The van der Waals surface area contributed by atoms with Gasteiger partial charge in [0.25, 0.3) is 0 Å². The lowest BCUT2D eigenvalue weighted by Gasteiger charge is -2.13. The Morgan fingerprint density at radius 2 is 1.95 bits per heavy atom. The Morgan fingerprint density at radius 1 is 1.24 bits per heavy atom. The number of ether oxygens (including phenoxy) is 1. The molecule has 3 nitrogen and oxygen atoms in total. The molecule has 0 bridgehead atoms. The number of rotatable bonds is 6. The molecule has 0 radical (unpaired) electrons. The first kappa shape index (κ1) is 15.7. The lowest BCUT2D eigenvalue weighted by molar-refractivity contribution is -0.119. The third-order valence-corrected chi connectivity index (χ3v) is 3.81. The minimum absolute atomic E-state index is 0.00949. The molecule has 0 saturated heterocycles. The van der Waals surface area contributed by atoms with Crippen LogP contribution in [-0.2, 0) is 17.6 Å². The number of hydrogen-bond acceptors (Lipinski definition) is 3. The summed E-state index contributed by atoms with van der Waals surface area (Å²) in [5.41, 5.74) is 7.94. The Kier molecular flexibility index (Phi) is 5.53. The quantitative estimate of drug-likeness (QED) is 0.873. The van der Waals surface area contributed by atoms with Crippen molar-refractivity contribution >= 4 is 21.7 Å². The molecule has 0 saturated carbocycles. The summed E-state index contributed by atoms with van der Waals surface area (Å²) in [5.74, 6) is 0.716. The minimum atomic E-state index is -0.504. The van der Waals surface area contributed by atoms with Crippen LogP contribution in [0.5, 0.6) is 5.75 Å². The summed E-state index contributed by atoms with van der Waals surface area (Å²) in [5, 5.41) is 0. The number of nitrogens with two attached hydrogens (primary N) is 1. The first-order chi connectivity index (χ1) is 10.1. The second-order valence-electron chi connectivity index (χ2n) is 4.90. The average molecular weight is 348 g/mol. The summed E-state index contributed by atoms with van der Waals surface area (Å²) >= 11 is 3.41. The smallest absolute Gasteiger partial charge is 0.154 e. The fourth-order valence-electron chi connectivity index (χ4n) is 2.19. The number of carbonyl (C=O) groups is 1. The molecule has 1 atom stereocenters. The van der Waals surface area contributed by atoms with Gasteiger partial charge in [0.15, 0.2) is 5.78 Å². The molecule has 2 rings (SSSR count). The SMILES string of the molecule is COc1ccc(Br)cc1CC(=O)C(N)Cc1ccccc1. The van der Waals surface area contributed by atoms with Crippen LogP contribution in [0, 0.1) is 0 Å². The number of benzene rings is 2. The van der Waals surface area contributed by atoms with Crippen molar-refractivity contribution in [2.75, 3.05) is 7.11 Å². The third-order valence-electron chi connectivity index (χ3n) is 3.32. The van der Waals surface area contributed by atoms with Crippen LogP contribution in [0.25, 0.3) is 0 Å². The Balaban J connectivity index is 2.05. The number of hydrogen-bond donors (Lipinski definition) is 1. The van der Waals surface area contributed by atoms with E-state index in [2.05, 4.69) is 15.9 Å². The first-order valence-electron chi connectivity index (χ1n) is 6.75. The van der Waals surface area contributed by atoms with E-state index >= 15 is 0 Å². The van der Waals surface area contributed by atoms with E-state index in [0.717, 1.165) is 15.6 Å². The second-order valence-corrected chi connectivity index (χ2v) is 5.81. The zero-order valence-electron chi connectivity index (χ0n) is 11.9. The van der Waals surface area contributed by atoms with E-state index in [1.54, 1.807) is 7.11 Å². The molecule has 2 N–H and O–H groups in total. The molecule has 1 unspecified atom stereocenters. The largest absolute Gasteiger partial charge is 0.496 e. The predicted octanol–water partition coefficient (Wildman–Crippen LogP) is 3.14. The molecule has 0 aliphatic carbocycles. The Hall–Kier alpha value is -1.65. The van der Waals surface area contributed by atoms with Crippen molar-refractivity contribution in [1.29, 1.82) is 0 Å². The molecule has 110 valence electrons. The molecule has 0 spiro atoms. The van der Waals surface area contributed by atoms with Crippen LogP contribution in [0.15, 0.2) is 53.0 Å². The molecule has 4 heteroatoms. The number of halogens is 1. The molecule has 2 aromatic rings. The van der Waals surface area contributed by atoms with Gasteiger partial charge in [-0.25, -0.2) is 0 Å². The van der Waals surface area contributed by atoms with Crippen molar-refractivity contribution in [3.05, 3.63) is 64.1 Å². The van der Waals surface area contributed by atoms with Gasteiger partial charge in [-0.05, 0) is 30.2 Å². The molecular weight excluding hydrogens is 330 g/mol. The van der Waals surface area contributed by atoms with Gasteiger partial charge in [0, 0.05) is 16.5 Å². The average Bonchev–Trinajstić information content (AvgIpc) is 2.48. The van der Waals surface area contributed by atoms with Gasteiger partial charge < -0.3 is 10.5 Å².